The van der Waals surface area contributed by atoms with E-state index in [-0.39, 0.29) is 35.7 Å². The number of piperidine rings is 1. The second-order valence-corrected chi connectivity index (χ2v) is 11.1. The average molecular weight is 640 g/mol. The lowest BCUT2D eigenvalue weighted by Crippen LogP contribution is -2.37. The topological polar surface area (TPSA) is 84.3 Å². The number of hydrogen-bond donors (Lipinski definition) is 0. The summed E-state index contributed by atoms with van der Waals surface area (Å²) in [7, 11) is 1.29. The van der Waals surface area contributed by atoms with Crippen LogP contribution in [0.1, 0.15) is 31.7 Å². The zero-order valence-corrected chi connectivity index (χ0v) is 25.4. The molecule has 3 aromatic rings. The molecule has 0 atom stereocenters. The fourth-order valence-electron chi connectivity index (χ4n) is 5.19. The van der Waals surface area contributed by atoms with E-state index >= 15 is 0 Å². The smallest absolute Gasteiger partial charge is 0.325 e. The lowest BCUT2D eigenvalue weighted by Gasteiger charge is -2.27. The number of thiocarbonyl (C=S) groups is 1. The molecule has 5 rings (SSSR count). The van der Waals surface area contributed by atoms with Crippen LogP contribution in [0, 0.1) is 0 Å². The van der Waals surface area contributed by atoms with Crippen molar-refractivity contribution in [1.82, 2.24) is 14.4 Å². The number of ether oxygens (including phenoxy) is 2. The van der Waals surface area contributed by atoms with Crippen molar-refractivity contribution < 1.29 is 23.9 Å². The Morgan fingerprint density at radius 1 is 1.05 bits per heavy atom. The summed E-state index contributed by atoms with van der Waals surface area (Å²) < 4.78 is 13.2. The Kier molecular flexibility index (Phi) is 8.74. The van der Waals surface area contributed by atoms with Crippen molar-refractivity contribution in [3.8, 4) is 5.75 Å². The number of esters is 1. The highest BCUT2D eigenvalue weighted by molar-refractivity contribution is 9.10. The van der Waals surface area contributed by atoms with Crippen LogP contribution in [0.5, 0.6) is 5.75 Å². The molecular formula is C30H31BrN4O5S. The van der Waals surface area contributed by atoms with E-state index in [4.69, 9.17) is 21.7 Å². The monoisotopic (exact) mass is 638 g/mol. The summed E-state index contributed by atoms with van der Waals surface area (Å²) in [5.74, 6) is -0.162. The maximum absolute atomic E-state index is 13.9. The highest BCUT2D eigenvalue weighted by Crippen LogP contribution is 2.33. The number of benzene rings is 2. The Labute approximate surface area is 252 Å². The molecule has 2 amide bonds. The summed E-state index contributed by atoms with van der Waals surface area (Å²) in [5, 5.41) is 1.02. The Hall–Kier alpha value is -3.70. The molecule has 0 spiro atoms. The predicted molar refractivity (Wildman–Crippen MR) is 164 cm³/mol. The van der Waals surface area contributed by atoms with Crippen LogP contribution in [-0.4, -0.2) is 70.6 Å². The van der Waals surface area contributed by atoms with Crippen LogP contribution in [0.2, 0.25) is 0 Å². The summed E-state index contributed by atoms with van der Waals surface area (Å²) in [4.78, 5) is 44.2. The molecule has 11 heteroatoms. The number of nitrogens with zero attached hydrogens (tertiary/aromatic N) is 4. The minimum atomic E-state index is -0.531. The van der Waals surface area contributed by atoms with Gasteiger partial charge in [0, 0.05) is 40.2 Å². The summed E-state index contributed by atoms with van der Waals surface area (Å²) in [5.41, 5.74) is 2.37. The van der Waals surface area contributed by atoms with Crippen LogP contribution < -0.4 is 9.64 Å². The van der Waals surface area contributed by atoms with E-state index in [0.717, 1.165) is 53.3 Å². The third kappa shape index (κ3) is 6.01. The normalized spacial score (nSPS) is 16.7. The molecule has 2 aliphatic rings. The van der Waals surface area contributed by atoms with Gasteiger partial charge in [-0.1, -0.05) is 15.9 Å². The zero-order valence-electron chi connectivity index (χ0n) is 23.0. The lowest BCUT2D eigenvalue weighted by molar-refractivity contribution is -0.140. The van der Waals surface area contributed by atoms with Crippen molar-refractivity contribution in [3.63, 3.8) is 0 Å². The summed E-state index contributed by atoms with van der Waals surface area (Å²) >= 11 is 9.26. The molecule has 3 heterocycles. The highest BCUT2D eigenvalue weighted by atomic mass is 79.9. The van der Waals surface area contributed by atoms with E-state index in [9.17, 15) is 14.4 Å². The quantitative estimate of drug-likeness (QED) is 0.196. The second-order valence-electron chi connectivity index (χ2n) is 9.86. The lowest BCUT2D eigenvalue weighted by atomic mass is 10.1. The maximum atomic E-state index is 13.9. The van der Waals surface area contributed by atoms with Gasteiger partial charge in [0.1, 0.15) is 24.5 Å². The van der Waals surface area contributed by atoms with Gasteiger partial charge in [0.15, 0.2) is 5.11 Å². The number of aromatic nitrogens is 1. The molecule has 0 aliphatic carbocycles. The fourth-order valence-corrected chi connectivity index (χ4v) is 5.90. The molecule has 2 saturated heterocycles. The molecular weight excluding hydrogens is 608 g/mol. The van der Waals surface area contributed by atoms with Crippen molar-refractivity contribution in [2.75, 3.05) is 38.3 Å². The highest BCUT2D eigenvalue weighted by Gasteiger charge is 2.40. The molecule has 41 heavy (non-hydrogen) atoms. The first-order valence-electron chi connectivity index (χ1n) is 13.5. The summed E-state index contributed by atoms with van der Waals surface area (Å²) in [6, 6.07) is 12.9. The van der Waals surface area contributed by atoms with E-state index in [0.29, 0.717) is 18.0 Å². The van der Waals surface area contributed by atoms with E-state index in [1.54, 1.807) is 30.3 Å². The first-order chi connectivity index (χ1) is 19.8. The van der Waals surface area contributed by atoms with Gasteiger partial charge in [-0.05, 0) is 86.9 Å². The fraction of sp³-hybridized carbons (Fsp3) is 0.333. The number of carbonyl (C=O) groups excluding carboxylic acids is 3. The molecule has 2 aromatic carbocycles. The molecule has 2 fully saturated rings. The van der Waals surface area contributed by atoms with Crippen molar-refractivity contribution in [2.24, 2.45) is 0 Å². The maximum Gasteiger partial charge on any atom is 0.325 e. The molecule has 0 bridgehead atoms. The molecule has 0 unspecified atom stereocenters. The van der Waals surface area contributed by atoms with Gasteiger partial charge in [-0.2, -0.15) is 0 Å². The summed E-state index contributed by atoms with van der Waals surface area (Å²) in [6.07, 6.45) is 6.78. The molecule has 214 valence electrons. The van der Waals surface area contributed by atoms with Gasteiger partial charge in [-0.25, -0.2) is 0 Å². The van der Waals surface area contributed by atoms with Crippen LogP contribution in [0.25, 0.3) is 17.0 Å². The van der Waals surface area contributed by atoms with Crippen LogP contribution in [0.4, 0.5) is 5.69 Å². The third-order valence-electron chi connectivity index (χ3n) is 7.24. The van der Waals surface area contributed by atoms with Gasteiger partial charge in [0.2, 0.25) is 5.91 Å². The number of rotatable bonds is 8. The van der Waals surface area contributed by atoms with Crippen molar-refractivity contribution in [1.29, 1.82) is 0 Å². The Morgan fingerprint density at radius 2 is 1.78 bits per heavy atom. The second kappa shape index (κ2) is 12.4. The van der Waals surface area contributed by atoms with Crippen molar-refractivity contribution >= 4 is 73.7 Å². The number of amides is 2. The molecule has 0 radical (unpaired) electrons. The average Bonchev–Trinajstić information content (AvgIpc) is 3.42. The number of fused-ring (bicyclic) bond motifs is 1. The standard InChI is InChI=1S/C30H31BrN4O5S/c1-3-40-23-10-8-22(9-11-23)35-29(38)26(34(30(35)41)19-28(37)39-2)15-20-17-33(25-12-7-21(31)16-24(20)25)18-27(36)32-13-5-4-6-14-32/h7-12,15-17H,3-6,13-14,18-19H2,1-2H3/b26-15-. The number of hydrogen-bond acceptors (Lipinski definition) is 6. The van der Waals surface area contributed by atoms with Gasteiger partial charge in [0.25, 0.3) is 5.91 Å². The van der Waals surface area contributed by atoms with E-state index in [1.165, 1.54) is 16.9 Å². The third-order valence-corrected chi connectivity index (χ3v) is 8.13. The van der Waals surface area contributed by atoms with Crippen LogP contribution in [0.3, 0.4) is 0 Å². The van der Waals surface area contributed by atoms with Crippen molar-refractivity contribution in [3.05, 3.63) is 64.4 Å². The minimum absolute atomic E-state index is 0.0656. The van der Waals surface area contributed by atoms with Gasteiger partial charge in [-0.15, -0.1) is 0 Å². The van der Waals surface area contributed by atoms with E-state index in [1.807, 2.05) is 40.8 Å². The van der Waals surface area contributed by atoms with Crippen LogP contribution in [-0.2, 0) is 25.7 Å². The number of methoxy groups -OCH3 is 1. The molecule has 2 aliphatic heterocycles. The molecule has 1 aromatic heterocycles. The predicted octanol–water partition coefficient (Wildman–Crippen LogP) is 4.96. The number of carbonyl (C=O) groups is 3. The first-order valence-corrected chi connectivity index (χ1v) is 14.7. The van der Waals surface area contributed by atoms with E-state index in [2.05, 4.69) is 15.9 Å². The van der Waals surface area contributed by atoms with Crippen LogP contribution in [0.15, 0.2) is 58.8 Å². The Morgan fingerprint density at radius 3 is 2.46 bits per heavy atom. The van der Waals surface area contributed by atoms with Gasteiger partial charge in [0.05, 0.1) is 19.4 Å². The Balaban J connectivity index is 1.54. The number of halogens is 1. The molecule has 0 N–H and O–H groups in total. The van der Waals surface area contributed by atoms with Gasteiger partial charge < -0.3 is 23.8 Å². The molecule has 9 nitrogen and oxygen atoms in total. The number of likely N-dealkylation sites (tertiary alicyclic amines) is 1. The van der Waals surface area contributed by atoms with Crippen LogP contribution >= 0.6 is 28.1 Å². The SMILES string of the molecule is CCOc1ccc(N2C(=O)/C(=C/c3cn(CC(=O)N4CCCCC4)c4ccc(Br)cc34)N(CC(=O)OC)C2=S)cc1. The Bertz CT molecular complexity index is 1530. The first kappa shape index (κ1) is 28.8. The van der Waals surface area contributed by atoms with Gasteiger partial charge >= 0.3 is 5.97 Å². The van der Waals surface area contributed by atoms with Crippen molar-refractivity contribution in [2.45, 2.75) is 32.7 Å². The largest absolute Gasteiger partial charge is 0.494 e. The number of anilines is 1. The summed E-state index contributed by atoms with van der Waals surface area (Å²) in [6.45, 7) is 3.93. The zero-order chi connectivity index (χ0) is 29.1. The van der Waals surface area contributed by atoms with Gasteiger partial charge in [-0.3, -0.25) is 19.3 Å². The van der Waals surface area contributed by atoms with E-state index < -0.39 is 5.97 Å². The minimum Gasteiger partial charge on any atom is -0.494 e. The molecule has 0 saturated carbocycles.